The second-order valence-corrected chi connectivity index (χ2v) is 11.2. The Hall–Kier alpha value is -3.97. The Kier molecular flexibility index (Phi) is 6.70. The number of fused-ring (bicyclic) bond motifs is 1. The molecule has 1 saturated heterocycles. The van der Waals surface area contributed by atoms with E-state index in [0.29, 0.717) is 12.3 Å². The zero-order chi connectivity index (χ0) is 27.9. The van der Waals surface area contributed by atoms with E-state index in [9.17, 15) is 19.5 Å². The lowest BCUT2D eigenvalue weighted by molar-refractivity contribution is -0.141. The Morgan fingerprint density at radius 3 is 2.50 bits per heavy atom. The van der Waals surface area contributed by atoms with Gasteiger partial charge in [0.15, 0.2) is 5.78 Å². The normalized spacial score (nSPS) is 27.9. The van der Waals surface area contributed by atoms with Gasteiger partial charge in [-0.05, 0) is 35.6 Å². The fourth-order valence-electron chi connectivity index (χ4n) is 8.08. The van der Waals surface area contributed by atoms with Crippen LogP contribution in [0.25, 0.3) is 0 Å². The molecule has 7 heteroatoms. The van der Waals surface area contributed by atoms with Gasteiger partial charge in [0.05, 0.1) is 25.0 Å². The quantitative estimate of drug-likeness (QED) is 0.382. The van der Waals surface area contributed by atoms with Crippen LogP contribution in [-0.4, -0.2) is 49.0 Å². The minimum absolute atomic E-state index is 0.0232. The summed E-state index contributed by atoms with van der Waals surface area (Å²) in [5.74, 6) is -0.864. The Bertz CT molecular complexity index is 1460. The summed E-state index contributed by atoms with van der Waals surface area (Å²) in [4.78, 5) is 39.8. The molecule has 1 heterocycles. The standard InChI is InChI=1S/C33H34N2O5/c1-40-27-14-8-5-9-21(27)19-26(36)29-30-32(22-10-3-2-4-11-22)17-15-25(23-12-6-7-13-24(23)32)33(30,20-35-29)31(39)34-18-16-28(37)38/h2-14,25,29-30,35H,15-20H2,1H3,(H,34,39)(H,37,38). The number of rotatable bonds is 9. The molecule has 3 aromatic rings. The van der Waals surface area contributed by atoms with Gasteiger partial charge in [-0.25, -0.2) is 0 Å². The molecule has 40 heavy (non-hydrogen) atoms. The third-order valence-electron chi connectivity index (χ3n) is 9.54. The lowest BCUT2D eigenvalue weighted by Crippen LogP contribution is -2.64. The van der Waals surface area contributed by atoms with E-state index < -0.39 is 22.8 Å². The topological polar surface area (TPSA) is 105 Å². The number of hydrogen-bond acceptors (Lipinski definition) is 5. The van der Waals surface area contributed by atoms with Gasteiger partial charge in [-0.2, -0.15) is 0 Å². The molecule has 4 aliphatic rings. The average Bonchev–Trinajstić information content (AvgIpc) is 3.42. The van der Waals surface area contributed by atoms with E-state index in [4.69, 9.17) is 4.74 Å². The summed E-state index contributed by atoms with van der Waals surface area (Å²) in [6, 6.07) is 25.6. The fraction of sp³-hybridized carbons (Fsp3) is 0.364. The molecule has 2 bridgehead atoms. The summed E-state index contributed by atoms with van der Waals surface area (Å²) < 4.78 is 5.54. The van der Waals surface area contributed by atoms with Crippen LogP contribution < -0.4 is 15.4 Å². The number of carbonyl (C=O) groups excluding carboxylic acids is 2. The maximum Gasteiger partial charge on any atom is 0.305 e. The van der Waals surface area contributed by atoms with Gasteiger partial charge in [-0.15, -0.1) is 0 Å². The van der Waals surface area contributed by atoms with Crippen LogP contribution in [0.2, 0.25) is 0 Å². The van der Waals surface area contributed by atoms with Crippen molar-refractivity contribution in [2.45, 2.75) is 43.1 Å². The largest absolute Gasteiger partial charge is 0.496 e. The Morgan fingerprint density at radius 2 is 1.73 bits per heavy atom. The van der Waals surface area contributed by atoms with Crippen LogP contribution in [0.3, 0.4) is 0 Å². The summed E-state index contributed by atoms with van der Waals surface area (Å²) in [5, 5.41) is 15.7. The van der Waals surface area contributed by atoms with Crippen LogP contribution in [-0.2, 0) is 26.2 Å². The molecule has 3 N–H and O–H groups in total. The van der Waals surface area contributed by atoms with Crippen molar-refractivity contribution in [3.05, 3.63) is 101 Å². The summed E-state index contributed by atoms with van der Waals surface area (Å²) in [6.45, 7) is 0.404. The first-order chi connectivity index (χ1) is 19.4. The predicted molar refractivity (Wildman–Crippen MR) is 150 cm³/mol. The number of benzene rings is 3. The first-order valence-corrected chi connectivity index (χ1v) is 14.0. The zero-order valence-electron chi connectivity index (χ0n) is 22.6. The highest BCUT2D eigenvalue weighted by Gasteiger charge is 2.71. The number of para-hydroxylation sites is 1. The van der Waals surface area contributed by atoms with Crippen molar-refractivity contribution < 1.29 is 24.2 Å². The second-order valence-electron chi connectivity index (χ2n) is 11.2. The van der Waals surface area contributed by atoms with Crippen LogP contribution >= 0.6 is 0 Å². The van der Waals surface area contributed by atoms with Gasteiger partial charge in [0, 0.05) is 42.3 Å². The van der Waals surface area contributed by atoms with E-state index in [1.54, 1.807) is 7.11 Å². The SMILES string of the molecule is COc1ccccc1CC(=O)C1NCC2(C(=O)NCCC(=O)O)C3CCC(c4ccccc4)(c4ccccc43)C12. The van der Waals surface area contributed by atoms with Crippen LogP contribution in [0.5, 0.6) is 5.75 Å². The first-order valence-electron chi connectivity index (χ1n) is 14.0. The predicted octanol–water partition coefficient (Wildman–Crippen LogP) is 3.85. The lowest BCUT2D eigenvalue weighted by atomic mass is 9.40. The zero-order valence-corrected chi connectivity index (χ0v) is 22.6. The van der Waals surface area contributed by atoms with Gasteiger partial charge in [0.1, 0.15) is 5.75 Å². The number of carboxylic acids is 1. The van der Waals surface area contributed by atoms with Crippen molar-refractivity contribution in [2.75, 3.05) is 20.2 Å². The maximum atomic E-state index is 14.3. The van der Waals surface area contributed by atoms with Crippen molar-refractivity contribution in [3.8, 4) is 5.75 Å². The van der Waals surface area contributed by atoms with Gasteiger partial charge in [0.25, 0.3) is 0 Å². The van der Waals surface area contributed by atoms with Crippen LogP contribution in [0.4, 0.5) is 0 Å². The number of amides is 1. The van der Waals surface area contributed by atoms with Crippen LogP contribution in [0.15, 0.2) is 78.9 Å². The van der Waals surface area contributed by atoms with Crippen molar-refractivity contribution in [1.29, 1.82) is 0 Å². The number of ether oxygens (including phenoxy) is 1. The Labute approximate surface area is 233 Å². The molecule has 206 valence electrons. The summed E-state index contributed by atoms with van der Waals surface area (Å²) >= 11 is 0. The van der Waals surface area contributed by atoms with E-state index in [-0.39, 0.29) is 42.9 Å². The van der Waals surface area contributed by atoms with E-state index >= 15 is 0 Å². The van der Waals surface area contributed by atoms with Crippen LogP contribution in [0.1, 0.15) is 47.4 Å². The van der Waals surface area contributed by atoms with Crippen molar-refractivity contribution in [1.82, 2.24) is 10.6 Å². The third kappa shape index (κ3) is 3.86. The molecule has 1 saturated carbocycles. The van der Waals surface area contributed by atoms with Gasteiger partial charge < -0.3 is 20.5 Å². The van der Waals surface area contributed by atoms with E-state index in [1.807, 2.05) is 54.6 Å². The van der Waals surface area contributed by atoms with Gasteiger partial charge >= 0.3 is 5.97 Å². The van der Waals surface area contributed by atoms with Gasteiger partial charge in [0.2, 0.25) is 5.91 Å². The highest BCUT2D eigenvalue weighted by atomic mass is 16.5. The number of carbonyl (C=O) groups is 3. The first kappa shape index (κ1) is 26.3. The molecule has 1 amide bonds. The Morgan fingerprint density at radius 1 is 1.00 bits per heavy atom. The smallest absolute Gasteiger partial charge is 0.305 e. The number of ketones is 1. The molecule has 1 aliphatic heterocycles. The van der Waals surface area contributed by atoms with E-state index in [1.165, 1.54) is 5.56 Å². The number of hydrogen-bond donors (Lipinski definition) is 3. The molecule has 0 radical (unpaired) electrons. The Balaban J connectivity index is 1.50. The molecule has 0 aromatic heterocycles. The van der Waals surface area contributed by atoms with Gasteiger partial charge in [-0.1, -0.05) is 72.8 Å². The molecule has 5 atom stereocenters. The number of methoxy groups -OCH3 is 1. The molecular weight excluding hydrogens is 504 g/mol. The average molecular weight is 539 g/mol. The summed E-state index contributed by atoms with van der Waals surface area (Å²) in [5.41, 5.74) is 2.81. The fourth-order valence-corrected chi connectivity index (χ4v) is 8.08. The molecule has 5 unspecified atom stereocenters. The molecule has 3 aliphatic carbocycles. The third-order valence-corrected chi connectivity index (χ3v) is 9.54. The van der Waals surface area contributed by atoms with E-state index in [2.05, 4.69) is 34.9 Å². The van der Waals surface area contributed by atoms with E-state index in [0.717, 1.165) is 29.5 Å². The second kappa shape index (κ2) is 10.2. The molecule has 0 spiro atoms. The van der Waals surface area contributed by atoms with Crippen molar-refractivity contribution >= 4 is 17.7 Å². The molecule has 7 rings (SSSR count). The van der Waals surface area contributed by atoms with Crippen molar-refractivity contribution in [3.63, 3.8) is 0 Å². The number of aliphatic carboxylic acids is 1. The minimum Gasteiger partial charge on any atom is -0.496 e. The number of nitrogens with one attached hydrogen (secondary N) is 2. The molecule has 7 nitrogen and oxygen atoms in total. The lowest BCUT2D eigenvalue weighted by Gasteiger charge is -2.61. The monoisotopic (exact) mass is 538 g/mol. The number of Topliss-reactive ketones (excluding diaryl/α,β-unsaturated/α-hetero) is 1. The summed E-state index contributed by atoms with van der Waals surface area (Å²) in [6.07, 6.45) is 1.67. The van der Waals surface area contributed by atoms with Crippen molar-refractivity contribution in [2.24, 2.45) is 11.3 Å². The van der Waals surface area contributed by atoms with Gasteiger partial charge in [-0.3, -0.25) is 14.4 Å². The highest BCUT2D eigenvalue weighted by molar-refractivity contribution is 5.93. The highest BCUT2D eigenvalue weighted by Crippen LogP contribution is 2.69. The summed E-state index contributed by atoms with van der Waals surface area (Å²) in [7, 11) is 1.60. The molecule has 3 aromatic carbocycles. The minimum atomic E-state index is -0.958. The molecule has 2 fully saturated rings. The maximum absolute atomic E-state index is 14.3. The number of carboxylic acid groups (broad SMARTS) is 1. The van der Waals surface area contributed by atoms with Crippen LogP contribution in [0, 0.1) is 11.3 Å². The molecular formula is C33H34N2O5.